The topological polar surface area (TPSA) is 28.2 Å². The van der Waals surface area contributed by atoms with Gasteiger partial charge in [0.2, 0.25) is 0 Å². The Morgan fingerprint density at radius 3 is 3.06 bits per heavy atom. The van der Waals surface area contributed by atoms with Crippen LogP contribution in [0.15, 0.2) is 12.3 Å². The fraction of sp³-hybridized carbons (Fsp3) is 0.583. The first-order valence-electron chi connectivity index (χ1n) is 5.84. The van der Waals surface area contributed by atoms with E-state index in [1.165, 1.54) is 18.7 Å². The fourth-order valence-corrected chi connectivity index (χ4v) is 2.67. The molecule has 0 amide bonds. The van der Waals surface area contributed by atoms with Crippen LogP contribution in [0.1, 0.15) is 12.0 Å². The van der Waals surface area contributed by atoms with Gasteiger partial charge >= 0.3 is 0 Å². The van der Waals surface area contributed by atoms with Crippen molar-refractivity contribution in [2.75, 3.05) is 24.5 Å². The molecule has 0 spiro atoms. The van der Waals surface area contributed by atoms with Gasteiger partial charge in [-0.3, -0.25) is 0 Å². The minimum Gasteiger partial charge on any atom is -0.369 e. The zero-order valence-electron chi connectivity index (χ0n) is 9.41. The summed E-state index contributed by atoms with van der Waals surface area (Å²) in [5.41, 5.74) is 2.26. The predicted octanol–water partition coefficient (Wildman–Crippen LogP) is 1.84. The van der Waals surface area contributed by atoms with E-state index in [4.69, 9.17) is 11.6 Å². The molecular weight excluding hydrogens is 222 g/mol. The first-order valence-corrected chi connectivity index (χ1v) is 6.22. The number of hydrogen-bond donors (Lipinski definition) is 1. The molecule has 0 aromatic carbocycles. The van der Waals surface area contributed by atoms with Crippen molar-refractivity contribution in [2.45, 2.75) is 19.4 Å². The summed E-state index contributed by atoms with van der Waals surface area (Å²) in [4.78, 5) is 6.63. The van der Waals surface area contributed by atoms with E-state index < -0.39 is 0 Å². The van der Waals surface area contributed by atoms with Crippen molar-refractivity contribution in [3.63, 3.8) is 0 Å². The quantitative estimate of drug-likeness (QED) is 0.756. The third kappa shape index (κ3) is 1.68. The SMILES string of the molecule is Cc1cc(N2CC[C@H]3CN[C@H]3C2)cnc1Cl. The number of pyridine rings is 1. The molecule has 3 rings (SSSR count). The number of rotatable bonds is 1. The van der Waals surface area contributed by atoms with Crippen molar-refractivity contribution in [1.82, 2.24) is 10.3 Å². The summed E-state index contributed by atoms with van der Waals surface area (Å²) in [6.45, 7) is 5.46. The predicted molar refractivity (Wildman–Crippen MR) is 66.1 cm³/mol. The number of nitrogens with zero attached hydrogens (tertiary/aromatic N) is 2. The zero-order chi connectivity index (χ0) is 11.1. The summed E-state index contributed by atoms with van der Waals surface area (Å²) in [6.07, 6.45) is 3.17. The smallest absolute Gasteiger partial charge is 0.132 e. The van der Waals surface area contributed by atoms with Crippen molar-refractivity contribution in [2.24, 2.45) is 5.92 Å². The Balaban J connectivity index is 1.78. The fourth-order valence-electron chi connectivity index (χ4n) is 2.57. The second-order valence-corrected chi connectivity index (χ2v) is 5.17. The zero-order valence-corrected chi connectivity index (χ0v) is 10.2. The molecule has 1 aromatic rings. The molecule has 2 aliphatic rings. The maximum atomic E-state index is 5.94. The van der Waals surface area contributed by atoms with Crippen molar-refractivity contribution >= 4 is 17.3 Å². The molecule has 0 aliphatic carbocycles. The van der Waals surface area contributed by atoms with Gasteiger partial charge in [-0.2, -0.15) is 0 Å². The Kier molecular flexibility index (Phi) is 2.52. The van der Waals surface area contributed by atoms with Crippen molar-refractivity contribution in [3.05, 3.63) is 23.0 Å². The maximum Gasteiger partial charge on any atom is 0.132 e. The van der Waals surface area contributed by atoms with Gasteiger partial charge in [-0.25, -0.2) is 4.98 Å². The van der Waals surface area contributed by atoms with E-state index in [2.05, 4.69) is 21.3 Å². The molecule has 16 heavy (non-hydrogen) atoms. The van der Waals surface area contributed by atoms with E-state index in [1.54, 1.807) is 0 Å². The van der Waals surface area contributed by atoms with Gasteiger partial charge in [0.15, 0.2) is 0 Å². The summed E-state index contributed by atoms with van der Waals surface area (Å²) in [5.74, 6) is 0.901. The minimum atomic E-state index is 0.611. The highest BCUT2D eigenvalue weighted by Gasteiger charge is 2.35. The van der Waals surface area contributed by atoms with Gasteiger partial charge in [0, 0.05) is 19.1 Å². The molecule has 2 saturated heterocycles. The van der Waals surface area contributed by atoms with E-state index in [0.29, 0.717) is 11.2 Å². The summed E-state index contributed by atoms with van der Waals surface area (Å²) in [5, 5.41) is 4.10. The highest BCUT2D eigenvalue weighted by Crippen LogP contribution is 2.28. The van der Waals surface area contributed by atoms with Crippen LogP contribution in [0.3, 0.4) is 0 Å². The third-order valence-corrected chi connectivity index (χ3v) is 4.16. The lowest BCUT2D eigenvalue weighted by atomic mass is 9.85. The van der Waals surface area contributed by atoms with E-state index in [0.717, 1.165) is 24.6 Å². The Morgan fingerprint density at radius 2 is 2.44 bits per heavy atom. The number of aromatic nitrogens is 1. The van der Waals surface area contributed by atoms with Crippen LogP contribution in [-0.4, -0.2) is 30.7 Å². The van der Waals surface area contributed by atoms with Crippen LogP contribution in [0.4, 0.5) is 5.69 Å². The van der Waals surface area contributed by atoms with Crippen LogP contribution in [0.2, 0.25) is 5.15 Å². The second kappa shape index (κ2) is 3.90. The molecule has 4 heteroatoms. The van der Waals surface area contributed by atoms with Gasteiger partial charge < -0.3 is 10.2 Å². The van der Waals surface area contributed by atoms with Crippen LogP contribution < -0.4 is 10.2 Å². The highest BCUT2D eigenvalue weighted by atomic mass is 35.5. The lowest BCUT2D eigenvalue weighted by Gasteiger charge is -2.47. The average molecular weight is 238 g/mol. The number of hydrogen-bond acceptors (Lipinski definition) is 3. The molecule has 3 heterocycles. The largest absolute Gasteiger partial charge is 0.369 e. The molecular formula is C12H16ClN3. The number of piperidine rings is 1. The molecule has 2 fully saturated rings. The molecule has 2 atom stereocenters. The van der Waals surface area contributed by atoms with Crippen molar-refractivity contribution in [3.8, 4) is 0 Å². The highest BCUT2D eigenvalue weighted by molar-refractivity contribution is 6.30. The Hall–Kier alpha value is -0.800. The average Bonchev–Trinajstić information content (AvgIpc) is 2.24. The second-order valence-electron chi connectivity index (χ2n) is 4.81. The molecule has 0 saturated carbocycles. The van der Waals surface area contributed by atoms with Crippen LogP contribution in [-0.2, 0) is 0 Å². The monoisotopic (exact) mass is 237 g/mol. The maximum absolute atomic E-state index is 5.94. The van der Waals surface area contributed by atoms with E-state index >= 15 is 0 Å². The summed E-state index contributed by atoms with van der Waals surface area (Å²) < 4.78 is 0. The lowest BCUT2D eigenvalue weighted by molar-refractivity contribution is 0.197. The molecule has 1 N–H and O–H groups in total. The standard InChI is InChI=1S/C12H16ClN3/c1-8-4-10(6-15-12(8)13)16-3-2-9-5-14-11(9)7-16/h4,6,9,11,14H,2-3,5,7H2,1H3/t9-,11-/m0/s1. The van der Waals surface area contributed by atoms with Gasteiger partial charge in [0.25, 0.3) is 0 Å². The van der Waals surface area contributed by atoms with E-state index in [9.17, 15) is 0 Å². The summed E-state index contributed by atoms with van der Waals surface area (Å²) in [6, 6.07) is 2.82. The number of aryl methyl sites for hydroxylation is 1. The van der Waals surface area contributed by atoms with Crippen molar-refractivity contribution in [1.29, 1.82) is 0 Å². The van der Waals surface area contributed by atoms with E-state index in [1.807, 2.05) is 13.1 Å². The minimum absolute atomic E-state index is 0.611. The van der Waals surface area contributed by atoms with Gasteiger partial charge in [-0.1, -0.05) is 11.6 Å². The van der Waals surface area contributed by atoms with Crippen LogP contribution in [0.5, 0.6) is 0 Å². The normalized spacial score (nSPS) is 28.5. The molecule has 3 nitrogen and oxygen atoms in total. The Morgan fingerprint density at radius 1 is 1.56 bits per heavy atom. The summed E-state index contributed by atoms with van der Waals surface area (Å²) >= 11 is 5.94. The summed E-state index contributed by atoms with van der Waals surface area (Å²) in [7, 11) is 0. The molecule has 0 radical (unpaired) electrons. The van der Waals surface area contributed by atoms with Gasteiger partial charge in [-0.15, -0.1) is 0 Å². The number of anilines is 1. The number of fused-ring (bicyclic) bond motifs is 1. The number of halogens is 1. The van der Waals surface area contributed by atoms with Crippen LogP contribution in [0, 0.1) is 12.8 Å². The van der Waals surface area contributed by atoms with Crippen LogP contribution in [0.25, 0.3) is 0 Å². The molecule has 0 bridgehead atoms. The van der Waals surface area contributed by atoms with Crippen LogP contribution >= 0.6 is 11.6 Å². The molecule has 2 aliphatic heterocycles. The molecule has 0 unspecified atom stereocenters. The van der Waals surface area contributed by atoms with Gasteiger partial charge in [0.1, 0.15) is 5.15 Å². The lowest BCUT2D eigenvalue weighted by Crippen LogP contribution is -2.62. The first-order chi connectivity index (χ1) is 7.74. The Labute approximate surface area is 101 Å². The van der Waals surface area contributed by atoms with Crippen molar-refractivity contribution < 1.29 is 0 Å². The third-order valence-electron chi connectivity index (χ3n) is 3.76. The molecule has 86 valence electrons. The van der Waals surface area contributed by atoms with E-state index in [-0.39, 0.29) is 0 Å². The first kappa shape index (κ1) is 10.4. The van der Waals surface area contributed by atoms with Gasteiger partial charge in [-0.05, 0) is 37.4 Å². The number of nitrogens with one attached hydrogen (secondary N) is 1. The molecule has 1 aromatic heterocycles. The Bertz CT molecular complexity index is 407. The van der Waals surface area contributed by atoms with Gasteiger partial charge in [0.05, 0.1) is 11.9 Å².